The molecule has 0 fully saturated rings. The van der Waals surface area contributed by atoms with Gasteiger partial charge in [0.2, 0.25) is 0 Å². The zero-order valence-electron chi connectivity index (χ0n) is 9.23. The Hall–Kier alpha value is -0.490. The second-order valence-electron chi connectivity index (χ2n) is 3.29. The first-order valence-corrected chi connectivity index (χ1v) is 5.85. The number of aromatic nitrogens is 1. The molecule has 0 bridgehead atoms. The summed E-state index contributed by atoms with van der Waals surface area (Å²) in [7, 11) is 1.65. The van der Waals surface area contributed by atoms with Crippen LogP contribution in [0.1, 0.15) is 10.6 Å². The highest BCUT2D eigenvalue weighted by molar-refractivity contribution is 7.09. The molecule has 1 rings (SSSR count). The summed E-state index contributed by atoms with van der Waals surface area (Å²) in [4.78, 5) is 5.47. The summed E-state index contributed by atoms with van der Waals surface area (Å²) in [5.74, 6) is 0. The molecule has 0 saturated carbocycles. The van der Waals surface area contributed by atoms with Crippen LogP contribution in [0.4, 0.5) is 0 Å². The van der Waals surface area contributed by atoms with Crippen molar-refractivity contribution in [2.45, 2.75) is 19.4 Å². The number of methoxy groups -OCH3 is 1. The molecule has 1 aromatic heterocycles. The van der Waals surface area contributed by atoms with E-state index in [0.29, 0.717) is 19.8 Å². The Kier molecular flexibility index (Phi) is 5.78. The molecule has 0 aromatic carbocycles. The molecule has 0 saturated heterocycles. The van der Waals surface area contributed by atoms with Crippen molar-refractivity contribution in [1.82, 2.24) is 4.98 Å². The van der Waals surface area contributed by atoms with Gasteiger partial charge in [0.25, 0.3) is 0 Å². The number of hydrogen-bond donors (Lipinski definition) is 1. The van der Waals surface area contributed by atoms with Gasteiger partial charge in [0.1, 0.15) is 0 Å². The maximum absolute atomic E-state index is 5.59. The largest absolute Gasteiger partial charge is 0.382 e. The maximum Gasteiger partial charge on any atom is 0.0930 e. The molecule has 1 unspecified atom stereocenters. The Morgan fingerprint density at radius 2 is 2.40 bits per heavy atom. The smallest absolute Gasteiger partial charge is 0.0930 e. The number of aryl methyl sites for hydroxylation is 1. The molecule has 15 heavy (non-hydrogen) atoms. The van der Waals surface area contributed by atoms with Gasteiger partial charge >= 0.3 is 0 Å². The van der Waals surface area contributed by atoms with E-state index in [4.69, 9.17) is 15.2 Å². The van der Waals surface area contributed by atoms with E-state index in [1.165, 1.54) is 4.88 Å². The molecule has 1 atom stereocenters. The number of ether oxygens (including phenoxy) is 2. The van der Waals surface area contributed by atoms with Crippen molar-refractivity contribution < 1.29 is 9.47 Å². The van der Waals surface area contributed by atoms with Crippen molar-refractivity contribution in [3.05, 3.63) is 16.1 Å². The Morgan fingerprint density at radius 3 is 2.93 bits per heavy atom. The van der Waals surface area contributed by atoms with Crippen LogP contribution in [0, 0.1) is 6.92 Å². The van der Waals surface area contributed by atoms with Gasteiger partial charge in [0.05, 0.1) is 30.5 Å². The van der Waals surface area contributed by atoms with Crippen molar-refractivity contribution >= 4 is 11.3 Å². The highest BCUT2D eigenvalue weighted by Crippen LogP contribution is 2.12. The minimum Gasteiger partial charge on any atom is -0.382 e. The molecule has 0 amide bonds. The quantitative estimate of drug-likeness (QED) is 0.758. The van der Waals surface area contributed by atoms with Crippen LogP contribution < -0.4 is 5.73 Å². The van der Waals surface area contributed by atoms with Gasteiger partial charge in [0, 0.05) is 25.0 Å². The molecule has 0 radical (unpaired) electrons. The van der Waals surface area contributed by atoms with Crippen LogP contribution in [0.2, 0.25) is 0 Å². The SMILES string of the molecule is COCC(CN)OCCc1scnc1C. The fourth-order valence-corrected chi connectivity index (χ4v) is 2.02. The average molecular weight is 230 g/mol. The van der Waals surface area contributed by atoms with E-state index in [-0.39, 0.29) is 6.10 Å². The van der Waals surface area contributed by atoms with Crippen molar-refractivity contribution in [2.75, 3.05) is 26.9 Å². The normalized spacial score (nSPS) is 13.0. The lowest BCUT2D eigenvalue weighted by Crippen LogP contribution is -2.29. The number of nitrogens with zero attached hydrogens (tertiary/aromatic N) is 1. The Balaban J connectivity index is 2.23. The van der Waals surface area contributed by atoms with E-state index >= 15 is 0 Å². The fraction of sp³-hybridized carbons (Fsp3) is 0.700. The lowest BCUT2D eigenvalue weighted by atomic mass is 10.3. The third kappa shape index (κ3) is 4.25. The first-order valence-electron chi connectivity index (χ1n) is 4.97. The summed E-state index contributed by atoms with van der Waals surface area (Å²) in [6.07, 6.45) is 0.903. The minimum atomic E-state index is 0.00299. The highest BCUT2D eigenvalue weighted by atomic mass is 32.1. The second-order valence-corrected chi connectivity index (χ2v) is 4.23. The van der Waals surface area contributed by atoms with Crippen LogP contribution >= 0.6 is 11.3 Å². The Morgan fingerprint density at radius 1 is 1.60 bits per heavy atom. The minimum absolute atomic E-state index is 0.00299. The Bertz CT molecular complexity index is 278. The summed E-state index contributed by atoms with van der Waals surface area (Å²) in [6.45, 7) is 3.74. The van der Waals surface area contributed by atoms with Crippen LogP contribution in [0.3, 0.4) is 0 Å². The van der Waals surface area contributed by atoms with Crippen molar-refractivity contribution in [2.24, 2.45) is 5.73 Å². The monoisotopic (exact) mass is 230 g/mol. The summed E-state index contributed by atoms with van der Waals surface area (Å²) in [6, 6.07) is 0. The van der Waals surface area contributed by atoms with Crippen LogP contribution in [0.5, 0.6) is 0 Å². The Labute approximate surface area is 94.4 Å². The van der Waals surface area contributed by atoms with Gasteiger partial charge in [-0.2, -0.15) is 0 Å². The number of thiazole rings is 1. The number of hydrogen-bond acceptors (Lipinski definition) is 5. The van der Waals surface area contributed by atoms with E-state index in [9.17, 15) is 0 Å². The van der Waals surface area contributed by atoms with Crippen molar-refractivity contribution in [3.63, 3.8) is 0 Å². The zero-order valence-corrected chi connectivity index (χ0v) is 10.0. The standard InChI is InChI=1S/C10H18N2O2S/c1-8-10(15-7-12-8)3-4-14-9(5-11)6-13-2/h7,9H,3-6,11H2,1-2H3. The first kappa shape index (κ1) is 12.6. The predicted octanol–water partition coefficient (Wildman–Crippen LogP) is 0.984. The lowest BCUT2D eigenvalue weighted by Gasteiger charge is -2.14. The van der Waals surface area contributed by atoms with Crippen molar-refractivity contribution in [1.29, 1.82) is 0 Å². The van der Waals surface area contributed by atoms with Gasteiger partial charge in [-0.15, -0.1) is 11.3 Å². The van der Waals surface area contributed by atoms with Gasteiger partial charge in [-0.25, -0.2) is 4.98 Å². The topological polar surface area (TPSA) is 57.4 Å². The maximum atomic E-state index is 5.59. The van der Waals surface area contributed by atoms with Gasteiger partial charge in [-0.05, 0) is 6.92 Å². The molecule has 86 valence electrons. The highest BCUT2D eigenvalue weighted by Gasteiger charge is 2.07. The molecule has 1 aromatic rings. The molecule has 5 heteroatoms. The predicted molar refractivity (Wildman–Crippen MR) is 61.2 cm³/mol. The van der Waals surface area contributed by atoms with E-state index in [1.54, 1.807) is 18.4 Å². The van der Waals surface area contributed by atoms with Crippen LogP contribution in [-0.2, 0) is 15.9 Å². The van der Waals surface area contributed by atoms with Crippen molar-refractivity contribution in [3.8, 4) is 0 Å². The molecule has 0 aliphatic rings. The lowest BCUT2D eigenvalue weighted by molar-refractivity contribution is 0.00516. The third-order valence-electron chi connectivity index (χ3n) is 2.14. The van der Waals surface area contributed by atoms with E-state index < -0.39 is 0 Å². The van der Waals surface area contributed by atoms with Gasteiger partial charge < -0.3 is 15.2 Å². The molecule has 0 aliphatic heterocycles. The third-order valence-corrected chi connectivity index (χ3v) is 3.14. The fourth-order valence-electron chi connectivity index (χ4n) is 1.25. The molecule has 4 nitrogen and oxygen atoms in total. The van der Waals surface area contributed by atoms with Crippen LogP contribution in [0.15, 0.2) is 5.51 Å². The molecular weight excluding hydrogens is 212 g/mol. The number of rotatable bonds is 7. The molecule has 0 spiro atoms. The molecular formula is C10H18N2O2S. The average Bonchev–Trinajstić information content (AvgIpc) is 2.63. The summed E-state index contributed by atoms with van der Waals surface area (Å²) >= 11 is 1.67. The summed E-state index contributed by atoms with van der Waals surface area (Å²) in [5, 5.41) is 0. The van der Waals surface area contributed by atoms with E-state index in [2.05, 4.69) is 4.98 Å². The summed E-state index contributed by atoms with van der Waals surface area (Å²) in [5.41, 5.74) is 8.49. The van der Waals surface area contributed by atoms with Gasteiger partial charge in [-0.3, -0.25) is 0 Å². The van der Waals surface area contributed by atoms with Gasteiger partial charge in [0.15, 0.2) is 0 Å². The molecule has 2 N–H and O–H groups in total. The van der Waals surface area contributed by atoms with Crippen LogP contribution in [-0.4, -0.2) is 38.0 Å². The van der Waals surface area contributed by atoms with E-state index in [0.717, 1.165) is 12.1 Å². The molecule has 0 aliphatic carbocycles. The second kappa shape index (κ2) is 6.90. The summed E-state index contributed by atoms with van der Waals surface area (Å²) < 4.78 is 10.6. The van der Waals surface area contributed by atoms with Crippen LogP contribution in [0.25, 0.3) is 0 Å². The van der Waals surface area contributed by atoms with E-state index in [1.807, 2.05) is 12.4 Å². The zero-order chi connectivity index (χ0) is 11.1. The molecule has 1 heterocycles. The first-order chi connectivity index (χ1) is 7.27. The number of nitrogens with two attached hydrogens (primary N) is 1. The van der Waals surface area contributed by atoms with Gasteiger partial charge in [-0.1, -0.05) is 0 Å².